The summed E-state index contributed by atoms with van der Waals surface area (Å²) in [5, 5.41) is 15.0. The molecule has 0 bridgehead atoms. The number of amides is 2. The van der Waals surface area contributed by atoms with E-state index in [9.17, 15) is 19.7 Å². The number of nitrogens with one attached hydrogen (secondary N) is 1. The van der Waals surface area contributed by atoms with Crippen molar-refractivity contribution < 1.29 is 14.5 Å². The molecule has 0 saturated heterocycles. The molecule has 1 aromatic heterocycles. The van der Waals surface area contributed by atoms with Crippen LogP contribution in [-0.2, 0) is 4.79 Å². The van der Waals surface area contributed by atoms with E-state index in [2.05, 4.69) is 10.3 Å². The predicted octanol–water partition coefficient (Wildman–Crippen LogP) is 4.51. The van der Waals surface area contributed by atoms with E-state index in [1.54, 1.807) is 12.1 Å². The number of hydrogen-bond donors (Lipinski definition) is 2. The van der Waals surface area contributed by atoms with Crippen LogP contribution >= 0.6 is 34.7 Å². The molecule has 0 unspecified atom stereocenters. The quantitative estimate of drug-likeness (QED) is 0.302. The number of aromatic nitrogens is 1. The maximum atomic E-state index is 12.3. The van der Waals surface area contributed by atoms with E-state index in [-0.39, 0.29) is 27.8 Å². The van der Waals surface area contributed by atoms with Crippen molar-refractivity contribution in [2.75, 3.05) is 11.1 Å². The molecule has 3 N–H and O–H groups in total. The van der Waals surface area contributed by atoms with Crippen molar-refractivity contribution in [2.45, 2.75) is 11.8 Å². The standard InChI is InChI=1S/C19H15ClN4O4S2/c1-10-17(11-2-5-13(20)6-3-11)23-19(30-10)22-16(25)9-29-15-7-4-12(18(21)26)8-14(15)24(27)28/h2-8H,9H2,1H3,(H2,21,26)(H,22,23,25). The van der Waals surface area contributed by atoms with Crippen molar-refractivity contribution in [1.82, 2.24) is 4.98 Å². The van der Waals surface area contributed by atoms with Gasteiger partial charge in [-0.3, -0.25) is 19.7 Å². The molecule has 0 atom stereocenters. The van der Waals surface area contributed by atoms with Crippen LogP contribution in [0, 0.1) is 17.0 Å². The van der Waals surface area contributed by atoms with E-state index in [0.717, 1.165) is 34.0 Å². The molecule has 0 aliphatic carbocycles. The molecule has 0 aliphatic rings. The summed E-state index contributed by atoms with van der Waals surface area (Å²) in [4.78, 5) is 39.8. The Hall–Kier alpha value is -2.95. The Kier molecular flexibility index (Phi) is 6.70. The van der Waals surface area contributed by atoms with E-state index in [0.29, 0.717) is 10.2 Å². The number of nitrogens with two attached hydrogens (primary N) is 1. The summed E-state index contributed by atoms with van der Waals surface area (Å²) in [5.74, 6) is -1.18. The lowest BCUT2D eigenvalue weighted by Gasteiger charge is -2.05. The number of benzene rings is 2. The number of nitro benzene ring substituents is 1. The van der Waals surface area contributed by atoms with Crippen molar-refractivity contribution >= 4 is 57.3 Å². The van der Waals surface area contributed by atoms with Gasteiger partial charge in [-0.1, -0.05) is 23.7 Å². The molecule has 3 aromatic rings. The summed E-state index contributed by atoms with van der Waals surface area (Å²) in [6.45, 7) is 1.90. The summed E-state index contributed by atoms with van der Waals surface area (Å²) in [5.41, 5.74) is 6.54. The molecule has 8 nitrogen and oxygen atoms in total. The van der Waals surface area contributed by atoms with E-state index < -0.39 is 10.8 Å². The first-order chi connectivity index (χ1) is 14.2. The van der Waals surface area contributed by atoms with Gasteiger partial charge in [-0.05, 0) is 31.2 Å². The van der Waals surface area contributed by atoms with Crippen LogP contribution in [0.2, 0.25) is 5.02 Å². The number of halogens is 1. The average molecular weight is 463 g/mol. The first kappa shape index (κ1) is 21.8. The van der Waals surface area contributed by atoms with Gasteiger partial charge in [0.05, 0.1) is 21.3 Å². The summed E-state index contributed by atoms with van der Waals surface area (Å²) < 4.78 is 0. The lowest BCUT2D eigenvalue weighted by atomic mass is 10.1. The van der Waals surface area contributed by atoms with E-state index in [1.807, 2.05) is 19.1 Å². The van der Waals surface area contributed by atoms with Gasteiger partial charge in [0.1, 0.15) is 0 Å². The largest absolute Gasteiger partial charge is 0.366 e. The first-order valence-electron chi connectivity index (χ1n) is 8.49. The Morgan fingerprint density at radius 2 is 1.97 bits per heavy atom. The number of thiazole rings is 1. The van der Waals surface area contributed by atoms with Crippen LogP contribution in [-0.4, -0.2) is 27.5 Å². The number of carbonyl (C=O) groups excluding carboxylic acids is 2. The molecule has 0 aliphatic heterocycles. The summed E-state index contributed by atoms with van der Waals surface area (Å²) in [7, 11) is 0. The SMILES string of the molecule is Cc1sc(NC(=O)CSc2ccc(C(N)=O)cc2[N+](=O)[O-])nc1-c1ccc(Cl)cc1. The smallest absolute Gasteiger partial charge is 0.283 e. The van der Waals surface area contributed by atoms with Crippen LogP contribution in [0.3, 0.4) is 0 Å². The van der Waals surface area contributed by atoms with Crippen LogP contribution in [0.5, 0.6) is 0 Å². The lowest BCUT2D eigenvalue weighted by Crippen LogP contribution is -2.14. The maximum Gasteiger partial charge on any atom is 0.283 e. The number of anilines is 1. The van der Waals surface area contributed by atoms with Gasteiger partial charge in [-0.25, -0.2) is 4.98 Å². The number of primary amides is 1. The van der Waals surface area contributed by atoms with E-state index in [1.165, 1.54) is 23.5 Å². The molecule has 0 fully saturated rings. The number of nitrogens with zero attached hydrogens (tertiary/aromatic N) is 2. The third kappa shape index (κ3) is 5.15. The van der Waals surface area contributed by atoms with Gasteiger partial charge >= 0.3 is 0 Å². The van der Waals surface area contributed by atoms with Gasteiger partial charge in [-0.2, -0.15) is 0 Å². The Labute approximate surface area is 184 Å². The molecule has 30 heavy (non-hydrogen) atoms. The van der Waals surface area contributed by atoms with Crippen LogP contribution in [0.4, 0.5) is 10.8 Å². The van der Waals surface area contributed by atoms with Gasteiger partial charge in [0, 0.05) is 27.1 Å². The zero-order chi connectivity index (χ0) is 21.8. The van der Waals surface area contributed by atoms with Crippen molar-refractivity contribution in [3.63, 3.8) is 0 Å². The number of hydrogen-bond acceptors (Lipinski definition) is 7. The minimum atomic E-state index is -0.761. The average Bonchev–Trinajstić information content (AvgIpc) is 3.06. The summed E-state index contributed by atoms with van der Waals surface area (Å²) >= 11 is 8.23. The lowest BCUT2D eigenvalue weighted by molar-refractivity contribution is -0.387. The summed E-state index contributed by atoms with van der Waals surface area (Å²) in [6, 6.07) is 11.1. The highest BCUT2D eigenvalue weighted by atomic mass is 35.5. The fourth-order valence-corrected chi connectivity index (χ4v) is 4.34. The van der Waals surface area contributed by atoms with Crippen molar-refractivity contribution in [3.05, 3.63) is 68.0 Å². The third-order valence-electron chi connectivity index (χ3n) is 3.96. The number of carbonyl (C=O) groups is 2. The topological polar surface area (TPSA) is 128 Å². The molecule has 3 rings (SSSR count). The molecular weight excluding hydrogens is 448 g/mol. The monoisotopic (exact) mass is 462 g/mol. The minimum Gasteiger partial charge on any atom is -0.366 e. The van der Waals surface area contributed by atoms with Gasteiger partial charge < -0.3 is 11.1 Å². The molecule has 0 spiro atoms. The molecule has 11 heteroatoms. The van der Waals surface area contributed by atoms with E-state index >= 15 is 0 Å². The Bertz CT molecular complexity index is 1130. The van der Waals surface area contributed by atoms with Gasteiger partial charge in [-0.15, -0.1) is 23.1 Å². The summed E-state index contributed by atoms with van der Waals surface area (Å²) in [6.07, 6.45) is 0. The number of rotatable bonds is 7. The Morgan fingerprint density at radius 3 is 2.60 bits per heavy atom. The highest BCUT2D eigenvalue weighted by molar-refractivity contribution is 8.00. The Morgan fingerprint density at radius 1 is 1.27 bits per heavy atom. The second-order valence-corrected chi connectivity index (χ2v) is 8.73. The number of thioether (sulfide) groups is 1. The molecular formula is C19H15ClN4O4S2. The molecule has 2 aromatic carbocycles. The Balaban J connectivity index is 1.68. The fourth-order valence-electron chi connectivity index (χ4n) is 2.56. The van der Waals surface area contributed by atoms with Gasteiger partial charge in [0.15, 0.2) is 5.13 Å². The van der Waals surface area contributed by atoms with Crippen LogP contribution < -0.4 is 11.1 Å². The highest BCUT2D eigenvalue weighted by Gasteiger charge is 2.19. The van der Waals surface area contributed by atoms with Crippen molar-refractivity contribution in [2.24, 2.45) is 5.73 Å². The number of nitro groups is 1. The normalized spacial score (nSPS) is 10.6. The van der Waals surface area contributed by atoms with E-state index in [4.69, 9.17) is 17.3 Å². The van der Waals surface area contributed by atoms with Gasteiger partial charge in [0.25, 0.3) is 5.69 Å². The second-order valence-electron chi connectivity index (χ2n) is 6.07. The second kappa shape index (κ2) is 9.24. The van der Waals surface area contributed by atoms with Crippen LogP contribution in [0.1, 0.15) is 15.2 Å². The zero-order valence-corrected chi connectivity index (χ0v) is 17.9. The van der Waals surface area contributed by atoms with Crippen molar-refractivity contribution in [3.8, 4) is 11.3 Å². The van der Waals surface area contributed by atoms with Crippen LogP contribution in [0.15, 0.2) is 47.4 Å². The van der Waals surface area contributed by atoms with Gasteiger partial charge in [0.2, 0.25) is 11.8 Å². The molecule has 0 radical (unpaired) electrons. The molecule has 154 valence electrons. The maximum absolute atomic E-state index is 12.3. The van der Waals surface area contributed by atoms with Crippen LogP contribution in [0.25, 0.3) is 11.3 Å². The zero-order valence-electron chi connectivity index (χ0n) is 15.5. The molecule has 0 saturated carbocycles. The molecule has 1 heterocycles. The first-order valence-corrected chi connectivity index (χ1v) is 10.7. The van der Waals surface area contributed by atoms with Crippen molar-refractivity contribution in [1.29, 1.82) is 0 Å². The fraction of sp³-hybridized carbons (Fsp3) is 0.105. The molecule has 2 amide bonds. The third-order valence-corrected chi connectivity index (χ3v) is 6.16. The predicted molar refractivity (Wildman–Crippen MR) is 118 cm³/mol. The minimum absolute atomic E-state index is 0.0310. The number of aryl methyl sites for hydroxylation is 1. The highest BCUT2D eigenvalue weighted by Crippen LogP contribution is 2.32.